The van der Waals surface area contributed by atoms with Crippen LogP contribution in [0, 0.1) is 6.92 Å². The highest BCUT2D eigenvalue weighted by atomic mass is 19.1. The molecule has 0 saturated heterocycles. The van der Waals surface area contributed by atoms with Crippen molar-refractivity contribution in [1.82, 2.24) is 0 Å². The van der Waals surface area contributed by atoms with Crippen LogP contribution in [0.4, 0.5) is 4.39 Å². The van der Waals surface area contributed by atoms with Gasteiger partial charge in [-0.15, -0.1) is 0 Å². The maximum Gasteiger partial charge on any atom is 0.146 e. The van der Waals surface area contributed by atoms with Crippen LogP contribution in [0.1, 0.15) is 5.56 Å². The molecule has 2 N–H and O–H groups in total. The third-order valence-corrected chi connectivity index (χ3v) is 1.71. The molecule has 0 bridgehead atoms. The van der Waals surface area contributed by atoms with Gasteiger partial charge in [0.25, 0.3) is 0 Å². The first-order valence-electron chi connectivity index (χ1n) is 4.26. The Kier molecular flexibility index (Phi) is 3.71. The largest absolute Gasteiger partial charge is 0.491 e. The van der Waals surface area contributed by atoms with Gasteiger partial charge in [0.2, 0.25) is 0 Å². The van der Waals surface area contributed by atoms with Gasteiger partial charge in [0, 0.05) is 6.54 Å². The first-order valence-corrected chi connectivity index (χ1v) is 4.26. The highest BCUT2D eigenvalue weighted by Gasteiger charge is 2.03. The molecule has 1 unspecified atom stereocenters. The molecule has 0 saturated carbocycles. The number of ether oxygens (including phenoxy) is 1. The average molecular weight is 183 g/mol. The minimum absolute atomic E-state index is 0.00581. The molecule has 1 atom stereocenters. The highest BCUT2D eigenvalue weighted by molar-refractivity contribution is 5.26. The predicted octanol–water partition coefficient (Wildman–Crippen LogP) is 1.67. The van der Waals surface area contributed by atoms with E-state index in [0.29, 0.717) is 5.75 Å². The highest BCUT2D eigenvalue weighted by Crippen LogP contribution is 2.11. The number of benzene rings is 1. The van der Waals surface area contributed by atoms with Crippen molar-refractivity contribution < 1.29 is 9.13 Å². The van der Waals surface area contributed by atoms with Crippen LogP contribution < -0.4 is 10.5 Å². The summed E-state index contributed by atoms with van der Waals surface area (Å²) < 4.78 is 17.8. The Morgan fingerprint density at radius 3 is 2.54 bits per heavy atom. The monoisotopic (exact) mass is 183 g/mol. The lowest BCUT2D eigenvalue weighted by atomic mass is 10.2. The summed E-state index contributed by atoms with van der Waals surface area (Å²) >= 11 is 0. The molecular formula is C10H14FNO. The zero-order valence-electron chi connectivity index (χ0n) is 7.66. The molecule has 1 aromatic rings. The Hall–Kier alpha value is -1.09. The summed E-state index contributed by atoms with van der Waals surface area (Å²) in [7, 11) is 0. The van der Waals surface area contributed by atoms with Crippen molar-refractivity contribution in [2.45, 2.75) is 13.1 Å². The second-order valence-corrected chi connectivity index (χ2v) is 2.96. The van der Waals surface area contributed by atoms with Gasteiger partial charge in [-0.1, -0.05) is 17.7 Å². The van der Waals surface area contributed by atoms with Gasteiger partial charge in [-0.25, -0.2) is 4.39 Å². The van der Waals surface area contributed by atoms with Gasteiger partial charge >= 0.3 is 0 Å². The third kappa shape index (κ3) is 3.42. The molecule has 1 rings (SSSR count). The van der Waals surface area contributed by atoms with Crippen LogP contribution in [0.2, 0.25) is 0 Å². The van der Waals surface area contributed by atoms with Crippen molar-refractivity contribution in [3.05, 3.63) is 29.8 Å². The maximum absolute atomic E-state index is 12.6. The summed E-state index contributed by atoms with van der Waals surface area (Å²) in [6.45, 7) is 2.02. The van der Waals surface area contributed by atoms with Crippen LogP contribution in [0.25, 0.3) is 0 Å². The Balaban J connectivity index is 2.41. The van der Waals surface area contributed by atoms with Gasteiger partial charge in [-0.05, 0) is 19.1 Å². The summed E-state index contributed by atoms with van der Waals surface area (Å²) in [5.41, 5.74) is 6.26. The molecule has 0 heterocycles. The second kappa shape index (κ2) is 4.82. The molecule has 72 valence electrons. The first-order chi connectivity index (χ1) is 6.22. The Morgan fingerprint density at radius 1 is 1.38 bits per heavy atom. The Labute approximate surface area is 77.5 Å². The molecule has 0 fully saturated rings. The molecule has 13 heavy (non-hydrogen) atoms. The first kappa shape index (κ1) is 9.99. The number of alkyl halides is 1. The van der Waals surface area contributed by atoms with E-state index >= 15 is 0 Å². The molecule has 3 heteroatoms. The summed E-state index contributed by atoms with van der Waals surface area (Å²) in [5, 5.41) is 0. The molecule has 0 spiro atoms. The van der Waals surface area contributed by atoms with Crippen LogP contribution in [-0.4, -0.2) is 19.3 Å². The van der Waals surface area contributed by atoms with Crippen molar-refractivity contribution in [3.63, 3.8) is 0 Å². The molecule has 2 nitrogen and oxygen atoms in total. The normalized spacial score (nSPS) is 12.5. The molecular weight excluding hydrogens is 169 g/mol. The van der Waals surface area contributed by atoms with Gasteiger partial charge in [-0.3, -0.25) is 0 Å². The molecule has 0 aliphatic heterocycles. The zero-order valence-corrected chi connectivity index (χ0v) is 7.66. The fourth-order valence-electron chi connectivity index (χ4n) is 0.889. The van der Waals surface area contributed by atoms with E-state index in [1.165, 1.54) is 0 Å². The van der Waals surface area contributed by atoms with Crippen LogP contribution >= 0.6 is 0 Å². The van der Waals surface area contributed by atoms with Crippen molar-refractivity contribution in [1.29, 1.82) is 0 Å². The van der Waals surface area contributed by atoms with E-state index in [-0.39, 0.29) is 13.2 Å². The second-order valence-electron chi connectivity index (χ2n) is 2.96. The lowest BCUT2D eigenvalue weighted by molar-refractivity contribution is 0.201. The number of rotatable bonds is 4. The lowest BCUT2D eigenvalue weighted by Crippen LogP contribution is -2.22. The zero-order chi connectivity index (χ0) is 9.68. The van der Waals surface area contributed by atoms with Crippen LogP contribution in [0.5, 0.6) is 5.75 Å². The Morgan fingerprint density at radius 2 is 2.00 bits per heavy atom. The molecule has 0 aromatic heterocycles. The standard InChI is InChI=1S/C10H14FNO/c1-8-2-4-10(5-3-8)13-7-9(11)6-12/h2-5,9H,6-7,12H2,1H3. The summed E-state index contributed by atoms with van der Waals surface area (Å²) in [5.74, 6) is 0.682. The minimum Gasteiger partial charge on any atom is -0.491 e. The van der Waals surface area contributed by atoms with E-state index in [1.807, 2.05) is 31.2 Å². The van der Waals surface area contributed by atoms with Gasteiger partial charge in [-0.2, -0.15) is 0 Å². The van der Waals surface area contributed by atoms with Gasteiger partial charge in [0.15, 0.2) is 0 Å². The molecule has 0 amide bonds. The summed E-state index contributed by atoms with van der Waals surface area (Å²) in [6, 6.07) is 7.48. The van der Waals surface area contributed by atoms with E-state index in [1.54, 1.807) is 0 Å². The van der Waals surface area contributed by atoms with E-state index in [4.69, 9.17) is 10.5 Å². The van der Waals surface area contributed by atoms with E-state index < -0.39 is 6.17 Å². The fraction of sp³-hybridized carbons (Fsp3) is 0.400. The maximum atomic E-state index is 12.6. The van der Waals surface area contributed by atoms with Crippen molar-refractivity contribution in [2.75, 3.05) is 13.2 Å². The average Bonchev–Trinajstić information content (AvgIpc) is 2.16. The van der Waals surface area contributed by atoms with E-state index in [0.717, 1.165) is 5.56 Å². The number of hydrogen-bond donors (Lipinski definition) is 1. The van der Waals surface area contributed by atoms with Crippen LogP contribution in [0.3, 0.4) is 0 Å². The van der Waals surface area contributed by atoms with Crippen molar-refractivity contribution in [2.24, 2.45) is 5.73 Å². The van der Waals surface area contributed by atoms with E-state index in [2.05, 4.69) is 0 Å². The molecule has 1 aromatic carbocycles. The predicted molar refractivity (Wildman–Crippen MR) is 50.6 cm³/mol. The number of aryl methyl sites for hydroxylation is 1. The molecule has 0 radical (unpaired) electrons. The SMILES string of the molecule is Cc1ccc(OCC(F)CN)cc1. The van der Waals surface area contributed by atoms with Gasteiger partial charge < -0.3 is 10.5 Å². The number of hydrogen-bond acceptors (Lipinski definition) is 2. The molecule has 0 aliphatic carbocycles. The van der Waals surface area contributed by atoms with Crippen LogP contribution in [-0.2, 0) is 0 Å². The fourth-order valence-corrected chi connectivity index (χ4v) is 0.889. The quantitative estimate of drug-likeness (QED) is 0.770. The third-order valence-electron chi connectivity index (χ3n) is 1.71. The van der Waals surface area contributed by atoms with Crippen molar-refractivity contribution in [3.8, 4) is 5.75 Å². The minimum atomic E-state index is -1.08. The number of nitrogens with two attached hydrogens (primary N) is 1. The molecule has 0 aliphatic rings. The topological polar surface area (TPSA) is 35.2 Å². The summed E-state index contributed by atoms with van der Waals surface area (Å²) in [4.78, 5) is 0. The Bertz CT molecular complexity index is 248. The van der Waals surface area contributed by atoms with Gasteiger partial charge in [0.1, 0.15) is 18.5 Å². The summed E-state index contributed by atoms with van der Waals surface area (Å²) in [6.07, 6.45) is -1.08. The smallest absolute Gasteiger partial charge is 0.146 e. The lowest BCUT2D eigenvalue weighted by Gasteiger charge is -2.08. The van der Waals surface area contributed by atoms with Gasteiger partial charge in [0.05, 0.1) is 0 Å². The number of halogens is 1. The van der Waals surface area contributed by atoms with Crippen LogP contribution in [0.15, 0.2) is 24.3 Å². The van der Waals surface area contributed by atoms with E-state index in [9.17, 15) is 4.39 Å². The van der Waals surface area contributed by atoms with Crippen molar-refractivity contribution >= 4 is 0 Å².